The van der Waals surface area contributed by atoms with Crippen LogP contribution in [0, 0.1) is 5.92 Å². The molecule has 16 heavy (non-hydrogen) atoms. The topological polar surface area (TPSA) is 69.7 Å². The summed E-state index contributed by atoms with van der Waals surface area (Å²) in [7, 11) is 0. The van der Waals surface area contributed by atoms with Crippen molar-refractivity contribution in [2.75, 3.05) is 0 Å². The molecular formula is C11H16O5. The fourth-order valence-electron chi connectivity index (χ4n) is 1.17. The molecule has 0 bridgehead atoms. The Kier molecular flexibility index (Phi) is 4.34. The van der Waals surface area contributed by atoms with Gasteiger partial charge in [-0.3, -0.25) is 4.79 Å². The van der Waals surface area contributed by atoms with Crippen molar-refractivity contribution in [3.8, 4) is 0 Å². The van der Waals surface area contributed by atoms with Gasteiger partial charge in [-0.1, -0.05) is 20.8 Å². The molecule has 0 aromatic carbocycles. The molecule has 0 radical (unpaired) electrons. The van der Waals surface area contributed by atoms with Crippen molar-refractivity contribution in [1.82, 2.24) is 0 Å². The fourth-order valence-corrected chi connectivity index (χ4v) is 1.17. The zero-order chi connectivity index (χ0) is 12.1. The quantitative estimate of drug-likeness (QED) is 0.720. The van der Waals surface area contributed by atoms with E-state index in [0.717, 1.165) is 6.42 Å². The first kappa shape index (κ1) is 12.5. The zero-order valence-corrected chi connectivity index (χ0v) is 9.74. The van der Waals surface area contributed by atoms with Gasteiger partial charge in [0.1, 0.15) is 0 Å². The highest BCUT2D eigenvalue weighted by atomic mass is 16.6. The van der Waals surface area contributed by atoms with Crippen LogP contribution in [0.2, 0.25) is 0 Å². The summed E-state index contributed by atoms with van der Waals surface area (Å²) in [5.41, 5.74) is 0. The van der Waals surface area contributed by atoms with E-state index >= 15 is 0 Å². The van der Waals surface area contributed by atoms with E-state index in [4.69, 9.17) is 13.6 Å². The molecule has 0 spiro atoms. The molecule has 0 fully saturated rings. The molecule has 0 aliphatic heterocycles. The van der Waals surface area contributed by atoms with Gasteiger partial charge in [-0.2, -0.15) is 0 Å². The van der Waals surface area contributed by atoms with Crippen LogP contribution in [0.3, 0.4) is 0 Å². The van der Waals surface area contributed by atoms with Crippen molar-refractivity contribution in [3.05, 3.63) is 22.1 Å². The lowest BCUT2D eigenvalue weighted by atomic mass is 10.2. The Morgan fingerprint density at radius 2 is 1.94 bits per heavy atom. The van der Waals surface area contributed by atoms with Crippen molar-refractivity contribution < 1.29 is 18.4 Å². The summed E-state index contributed by atoms with van der Waals surface area (Å²) in [6.07, 6.45) is 1.42. The molecule has 0 saturated carbocycles. The third-order valence-corrected chi connectivity index (χ3v) is 2.02. The van der Waals surface area contributed by atoms with E-state index in [0.29, 0.717) is 17.9 Å². The van der Waals surface area contributed by atoms with Crippen LogP contribution < -0.4 is 5.82 Å². The minimum atomic E-state index is -0.751. The monoisotopic (exact) mass is 228 g/mol. The van der Waals surface area contributed by atoms with Crippen molar-refractivity contribution in [1.29, 1.82) is 0 Å². The highest BCUT2D eigenvalue weighted by molar-refractivity contribution is 5.71. The van der Waals surface area contributed by atoms with Gasteiger partial charge < -0.3 is 13.6 Å². The predicted octanol–water partition coefficient (Wildman–Crippen LogP) is 1.88. The molecule has 90 valence electrons. The second-order valence-electron chi connectivity index (χ2n) is 3.81. The third-order valence-electron chi connectivity index (χ3n) is 2.02. The molecular weight excluding hydrogens is 212 g/mol. The summed E-state index contributed by atoms with van der Waals surface area (Å²) < 4.78 is 14.6. The lowest BCUT2D eigenvalue weighted by molar-refractivity contribution is -0.149. The molecule has 1 aromatic rings. The average molecular weight is 228 g/mol. The van der Waals surface area contributed by atoms with Gasteiger partial charge in [0.25, 0.3) is 0 Å². The zero-order valence-electron chi connectivity index (χ0n) is 9.74. The maximum absolute atomic E-state index is 11.2. The lowest BCUT2D eigenvalue weighted by Gasteiger charge is -2.05. The summed E-state index contributed by atoms with van der Waals surface area (Å²) in [5.74, 6) is -0.511. The first-order chi connectivity index (χ1) is 7.54. The second kappa shape index (κ2) is 5.53. The molecule has 0 aliphatic carbocycles. The van der Waals surface area contributed by atoms with Crippen LogP contribution in [-0.2, 0) is 22.6 Å². The Morgan fingerprint density at radius 3 is 2.50 bits per heavy atom. The lowest BCUT2D eigenvalue weighted by Crippen LogP contribution is -2.11. The van der Waals surface area contributed by atoms with Crippen LogP contribution in [0.4, 0.5) is 0 Å². The molecule has 0 N–H and O–H groups in total. The predicted molar refractivity (Wildman–Crippen MR) is 55.9 cm³/mol. The molecule has 1 rings (SSSR count). The summed E-state index contributed by atoms with van der Waals surface area (Å²) in [4.78, 5) is 22.1. The van der Waals surface area contributed by atoms with Gasteiger partial charge in [-0.15, -0.1) is 0 Å². The molecule has 0 amide bonds. The molecule has 1 heterocycles. The van der Waals surface area contributed by atoms with Crippen molar-refractivity contribution in [2.45, 2.75) is 40.2 Å². The molecule has 0 unspecified atom stereocenters. The highest BCUT2D eigenvalue weighted by Crippen LogP contribution is 2.11. The van der Waals surface area contributed by atoms with Crippen LogP contribution in [0.15, 0.2) is 13.6 Å². The Bertz CT molecular complexity index is 399. The smallest absolute Gasteiger partial charge is 0.457 e. The number of rotatable bonds is 5. The van der Waals surface area contributed by atoms with Crippen molar-refractivity contribution in [3.63, 3.8) is 0 Å². The first-order valence-electron chi connectivity index (χ1n) is 5.33. The number of carbonyl (C=O) groups excluding carboxylic acids is 1. The molecule has 0 atom stereocenters. The maximum atomic E-state index is 11.2. The number of carbonyl (C=O) groups is 1. The van der Waals surface area contributed by atoms with Crippen molar-refractivity contribution in [2.24, 2.45) is 5.92 Å². The Hall–Kier alpha value is -1.52. The summed E-state index contributed by atoms with van der Waals surface area (Å²) in [6.45, 7) is 5.39. The van der Waals surface area contributed by atoms with Crippen molar-refractivity contribution >= 4 is 5.97 Å². The van der Waals surface area contributed by atoms with Gasteiger partial charge in [0.15, 0.2) is 18.1 Å². The molecule has 1 aromatic heterocycles. The van der Waals surface area contributed by atoms with Gasteiger partial charge >= 0.3 is 11.8 Å². The van der Waals surface area contributed by atoms with E-state index in [2.05, 4.69) is 0 Å². The standard InChI is InChI=1S/C11H16O5/c1-4-5-8-9(16-11(13)15-8)6-14-10(12)7(2)3/h7H,4-6H2,1-3H3. The number of aryl methyl sites for hydroxylation is 1. The normalized spacial score (nSPS) is 10.8. The van der Waals surface area contributed by atoms with E-state index < -0.39 is 5.82 Å². The second-order valence-corrected chi connectivity index (χ2v) is 3.81. The average Bonchev–Trinajstić information content (AvgIpc) is 2.56. The van der Waals surface area contributed by atoms with Crippen LogP contribution in [0.25, 0.3) is 0 Å². The maximum Gasteiger partial charge on any atom is 0.519 e. The van der Waals surface area contributed by atoms with E-state index in [1.54, 1.807) is 13.8 Å². The Balaban J connectivity index is 2.66. The van der Waals surface area contributed by atoms with Crippen LogP contribution >= 0.6 is 0 Å². The number of esters is 1. The van der Waals surface area contributed by atoms with E-state index in [1.807, 2.05) is 6.92 Å². The fraction of sp³-hybridized carbons (Fsp3) is 0.636. The SMILES string of the molecule is CCCc1oc(=O)oc1COC(=O)C(C)C. The Labute approximate surface area is 93.4 Å². The van der Waals surface area contributed by atoms with Gasteiger partial charge in [0, 0.05) is 6.42 Å². The Morgan fingerprint density at radius 1 is 1.31 bits per heavy atom. The number of hydrogen-bond donors (Lipinski definition) is 0. The highest BCUT2D eigenvalue weighted by Gasteiger charge is 2.15. The molecule has 0 aliphatic rings. The minimum Gasteiger partial charge on any atom is -0.457 e. The summed E-state index contributed by atoms with van der Waals surface area (Å²) >= 11 is 0. The van der Waals surface area contributed by atoms with E-state index in [1.165, 1.54) is 0 Å². The van der Waals surface area contributed by atoms with Crippen LogP contribution in [-0.4, -0.2) is 5.97 Å². The molecule has 5 heteroatoms. The number of ether oxygens (including phenoxy) is 1. The largest absolute Gasteiger partial charge is 0.519 e. The summed E-state index contributed by atoms with van der Waals surface area (Å²) in [6, 6.07) is 0. The van der Waals surface area contributed by atoms with Gasteiger partial charge in [0.05, 0.1) is 5.92 Å². The van der Waals surface area contributed by atoms with E-state index in [-0.39, 0.29) is 18.5 Å². The number of hydrogen-bond acceptors (Lipinski definition) is 5. The minimum absolute atomic E-state index is 0.0436. The van der Waals surface area contributed by atoms with Crippen LogP contribution in [0.5, 0.6) is 0 Å². The van der Waals surface area contributed by atoms with Crippen LogP contribution in [0.1, 0.15) is 38.7 Å². The van der Waals surface area contributed by atoms with Gasteiger partial charge in [-0.05, 0) is 6.42 Å². The molecule has 0 saturated heterocycles. The summed E-state index contributed by atoms with van der Waals surface area (Å²) in [5, 5.41) is 0. The van der Waals surface area contributed by atoms with Gasteiger partial charge in [-0.25, -0.2) is 4.79 Å². The van der Waals surface area contributed by atoms with E-state index in [9.17, 15) is 9.59 Å². The molecule has 5 nitrogen and oxygen atoms in total. The first-order valence-corrected chi connectivity index (χ1v) is 5.33. The third kappa shape index (κ3) is 3.25. The van der Waals surface area contributed by atoms with Gasteiger partial charge in [0.2, 0.25) is 0 Å².